The van der Waals surface area contributed by atoms with Crippen LogP contribution < -0.4 is 4.90 Å². The molecule has 0 heterocycles. The molecule has 1 rings (SSSR count). The molecule has 1 aromatic carbocycles. The lowest BCUT2D eigenvalue weighted by molar-refractivity contribution is 0.141. The summed E-state index contributed by atoms with van der Waals surface area (Å²) in [5, 5.41) is 9.38. The maximum atomic E-state index is 13.2. The highest BCUT2D eigenvalue weighted by Crippen LogP contribution is 2.21. The maximum Gasteiger partial charge on any atom is 0.123 e. The number of nitrogens with zero attached hydrogens (tertiary/aromatic N) is 1. The van der Waals surface area contributed by atoms with Gasteiger partial charge in [0.25, 0.3) is 0 Å². The Balaban J connectivity index is 2.78. The number of benzene rings is 1. The molecule has 20 heavy (non-hydrogen) atoms. The summed E-state index contributed by atoms with van der Waals surface area (Å²) in [6, 6.07) is 4.46. The van der Waals surface area contributed by atoms with E-state index in [2.05, 4.69) is 4.90 Å². The van der Waals surface area contributed by atoms with Gasteiger partial charge < -0.3 is 19.5 Å². The van der Waals surface area contributed by atoms with E-state index < -0.39 is 0 Å². The normalized spacial score (nSPS) is 10.8. The van der Waals surface area contributed by atoms with Crippen molar-refractivity contribution in [1.82, 2.24) is 0 Å². The Morgan fingerprint density at radius 3 is 2.20 bits per heavy atom. The van der Waals surface area contributed by atoms with Crippen LogP contribution in [-0.2, 0) is 16.1 Å². The van der Waals surface area contributed by atoms with Crippen LogP contribution in [0.1, 0.15) is 19.4 Å². The molecule has 0 atom stereocenters. The lowest BCUT2D eigenvalue weighted by Crippen LogP contribution is -2.32. The largest absolute Gasteiger partial charge is 0.392 e. The third-order valence-electron chi connectivity index (χ3n) is 2.97. The van der Waals surface area contributed by atoms with E-state index in [0.29, 0.717) is 45.1 Å². The molecule has 0 aliphatic rings. The first-order valence-corrected chi connectivity index (χ1v) is 7.02. The number of aliphatic hydroxyl groups is 1. The molecular formula is C15H24FNO3. The van der Waals surface area contributed by atoms with Gasteiger partial charge in [0, 0.05) is 37.6 Å². The number of halogens is 1. The Morgan fingerprint density at radius 2 is 1.70 bits per heavy atom. The minimum Gasteiger partial charge on any atom is -0.392 e. The Labute approximate surface area is 120 Å². The average molecular weight is 285 g/mol. The second-order valence-electron chi connectivity index (χ2n) is 4.31. The quantitative estimate of drug-likeness (QED) is 0.669. The van der Waals surface area contributed by atoms with Crippen molar-refractivity contribution in [2.24, 2.45) is 0 Å². The summed E-state index contributed by atoms with van der Waals surface area (Å²) in [5.41, 5.74) is 1.41. The van der Waals surface area contributed by atoms with E-state index >= 15 is 0 Å². The van der Waals surface area contributed by atoms with Gasteiger partial charge >= 0.3 is 0 Å². The predicted octanol–water partition coefficient (Wildman–Crippen LogP) is 2.20. The SMILES string of the molecule is CCOCCN(CCOCC)c1ccc(F)cc1CO. The molecule has 0 saturated heterocycles. The van der Waals surface area contributed by atoms with E-state index in [1.54, 1.807) is 6.07 Å². The molecule has 0 radical (unpaired) electrons. The second-order valence-corrected chi connectivity index (χ2v) is 4.31. The van der Waals surface area contributed by atoms with Crippen molar-refractivity contribution in [3.63, 3.8) is 0 Å². The number of hydrogen-bond donors (Lipinski definition) is 1. The van der Waals surface area contributed by atoms with Gasteiger partial charge in [-0.1, -0.05) is 0 Å². The van der Waals surface area contributed by atoms with Crippen molar-refractivity contribution in [1.29, 1.82) is 0 Å². The first kappa shape index (κ1) is 16.9. The highest BCUT2D eigenvalue weighted by atomic mass is 19.1. The molecule has 1 N–H and O–H groups in total. The molecule has 5 heteroatoms. The number of anilines is 1. The number of hydrogen-bond acceptors (Lipinski definition) is 4. The number of rotatable bonds is 10. The molecule has 0 aromatic heterocycles. The molecule has 0 aliphatic heterocycles. The van der Waals surface area contributed by atoms with E-state index in [4.69, 9.17) is 9.47 Å². The summed E-state index contributed by atoms with van der Waals surface area (Å²) in [7, 11) is 0. The Kier molecular flexibility index (Phi) is 8.18. The van der Waals surface area contributed by atoms with Crippen LogP contribution in [0.15, 0.2) is 18.2 Å². The van der Waals surface area contributed by atoms with Crippen LogP contribution in [0.25, 0.3) is 0 Å². The van der Waals surface area contributed by atoms with Gasteiger partial charge in [-0.3, -0.25) is 0 Å². The zero-order valence-electron chi connectivity index (χ0n) is 12.3. The molecule has 0 amide bonds. The molecule has 114 valence electrons. The van der Waals surface area contributed by atoms with Crippen LogP contribution in [0.3, 0.4) is 0 Å². The van der Waals surface area contributed by atoms with Gasteiger partial charge in [0.15, 0.2) is 0 Å². The molecule has 0 unspecified atom stereocenters. The van der Waals surface area contributed by atoms with Gasteiger partial charge in [0.1, 0.15) is 5.82 Å². The van der Waals surface area contributed by atoms with Crippen LogP contribution in [0.2, 0.25) is 0 Å². The topological polar surface area (TPSA) is 41.9 Å². The fraction of sp³-hybridized carbons (Fsp3) is 0.600. The van der Waals surface area contributed by atoms with Gasteiger partial charge in [-0.15, -0.1) is 0 Å². The minimum atomic E-state index is -0.340. The zero-order chi connectivity index (χ0) is 14.8. The Hall–Kier alpha value is -1.17. The summed E-state index contributed by atoms with van der Waals surface area (Å²) >= 11 is 0. The predicted molar refractivity (Wildman–Crippen MR) is 77.5 cm³/mol. The monoisotopic (exact) mass is 285 g/mol. The highest BCUT2D eigenvalue weighted by molar-refractivity contribution is 5.53. The van der Waals surface area contributed by atoms with Crippen LogP contribution in [-0.4, -0.2) is 44.6 Å². The van der Waals surface area contributed by atoms with Crippen molar-refractivity contribution >= 4 is 5.69 Å². The van der Waals surface area contributed by atoms with Gasteiger partial charge in [-0.05, 0) is 32.0 Å². The second kappa shape index (κ2) is 9.69. The maximum absolute atomic E-state index is 13.2. The molecule has 0 bridgehead atoms. The van der Waals surface area contributed by atoms with Crippen molar-refractivity contribution in [2.45, 2.75) is 20.5 Å². The fourth-order valence-electron chi connectivity index (χ4n) is 1.98. The first-order valence-electron chi connectivity index (χ1n) is 7.02. The van der Waals surface area contributed by atoms with E-state index in [1.807, 2.05) is 13.8 Å². The lowest BCUT2D eigenvalue weighted by Gasteiger charge is -2.26. The molecule has 0 aliphatic carbocycles. The molecule has 0 saturated carbocycles. The van der Waals surface area contributed by atoms with Crippen molar-refractivity contribution < 1.29 is 19.0 Å². The number of aliphatic hydroxyl groups excluding tert-OH is 1. The first-order chi connectivity index (χ1) is 9.72. The summed E-state index contributed by atoms with van der Waals surface area (Å²) in [6.07, 6.45) is 0. The zero-order valence-corrected chi connectivity index (χ0v) is 12.3. The van der Waals surface area contributed by atoms with Crippen molar-refractivity contribution in [3.8, 4) is 0 Å². The van der Waals surface area contributed by atoms with Gasteiger partial charge in [0.05, 0.1) is 19.8 Å². The van der Waals surface area contributed by atoms with Gasteiger partial charge in [-0.2, -0.15) is 0 Å². The Morgan fingerprint density at radius 1 is 1.10 bits per heavy atom. The van der Waals surface area contributed by atoms with Gasteiger partial charge in [0.2, 0.25) is 0 Å². The summed E-state index contributed by atoms with van der Waals surface area (Å²) in [5.74, 6) is -0.340. The molecule has 0 fully saturated rings. The van der Waals surface area contributed by atoms with Crippen LogP contribution in [0, 0.1) is 5.82 Å². The third-order valence-corrected chi connectivity index (χ3v) is 2.97. The van der Waals surface area contributed by atoms with E-state index in [9.17, 15) is 9.50 Å². The van der Waals surface area contributed by atoms with Crippen LogP contribution in [0.5, 0.6) is 0 Å². The molecular weight excluding hydrogens is 261 g/mol. The average Bonchev–Trinajstić information content (AvgIpc) is 2.46. The Bertz CT molecular complexity index is 377. The highest BCUT2D eigenvalue weighted by Gasteiger charge is 2.11. The minimum absolute atomic E-state index is 0.188. The van der Waals surface area contributed by atoms with E-state index in [0.717, 1.165) is 5.69 Å². The number of ether oxygens (including phenoxy) is 2. The van der Waals surface area contributed by atoms with Gasteiger partial charge in [-0.25, -0.2) is 4.39 Å². The van der Waals surface area contributed by atoms with E-state index in [-0.39, 0.29) is 12.4 Å². The van der Waals surface area contributed by atoms with Crippen molar-refractivity contribution in [3.05, 3.63) is 29.6 Å². The van der Waals surface area contributed by atoms with Crippen LogP contribution in [0.4, 0.5) is 10.1 Å². The lowest BCUT2D eigenvalue weighted by atomic mass is 10.1. The molecule has 4 nitrogen and oxygen atoms in total. The smallest absolute Gasteiger partial charge is 0.123 e. The van der Waals surface area contributed by atoms with Crippen LogP contribution >= 0.6 is 0 Å². The summed E-state index contributed by atoms with van der Waals surface area (Å²) < 4.78 is 24.0. The summed E-state index contributed by atoms with van der Waals surface area (Å²) in [6.45, 7) is 7.57. The molecule has 1 aromatic rings. The fourth-order valence-corrected chi connectivity index (χ4v) is 1.98. The van der Waals surface area contributed by atoms with E-state index in [1.165, 1.54) is 12.1 Å². The molecule has 0 spiro atoms. The summed E-state index contributed by atoms with van der Waals surface area (Å²) in [4.78, 5) is 2.05. The third kappa shape index (κ3) is 5.45. The standard InChI is InChI=1S/C15H24FNO3/c1-3-19-9-7-17(8-10-20-4-2)15-6-5-14(16)11-13(15)12-18/h5-6,11,18H,3-4,7-10,12H2,1-2H3. The van der Waals surface area contributed by atoms with Crippen molar-refractivity contribution in [2.75, 3.05) is 44.4 Å².